The third kappa shape index (κ3) is 6.06. The fraction of sp³-hybridized carbons (Fsp3) is 0.667. The average molecular weight is 395 g/mol. The average Bonchev–Trinajstić information content (AvgIpc) is 3.17. The van der Waals surface area contributed by atoms with Gasteiger partial charge in [-0.2, -0.15) is 0 Å². The van der Waals surface area contributed by atoms with Crippen molar-refractivity contribution in [2.45, 2.75) is 32.6 Å². The summed E-state index contributed by atoms with van der Waals surface area (Å²) in [6, 6.07) is 3.87. The SMILES string of the molecule is C[C@@H](CNC(=O)NC[C@H]1CCN(c2ccc(F)c(F)c2)C1)CN1CCCCC1. The summed E-state index contributed by atoms with van der Waals surface area (Å²) in [4.78, 5) is 16.6. The van der Waals surface area contributed by atoms with Crippen LogP contribution >= 0.6 is 0 Å². The number of hydrogen-bond donors (Lipinski definition) is 2. The summed E-state index contributed by atoms with van der Waals surface area (Å²) in [5, 5.41) is 5.92. The topological polar surface area (TPSA) is 47.6 Å². The van der Waals surface area contributed by atoms with E-state index >= 15 is 0 Å². The maximum Gasteiger partial charge on any atom is 0.314 e. The number of rotatable bonds is 7. The van der Waals surface area contributed by atoms with Crippen LogP contribution in [0.3, 0.4) is 0 Å². The standard InChI is InChI=1S/C21H32F2N4O/c1-16(14-26-8-3-2-4-9-26)12-24-21(28)25-13-17-7-10-27(15-17)18-5-6-19(22)20(23)11-18/h5-6,11,16-17H,2-4,7-10,12-15H2,1H3,(H2,24,25,28)/t16-,17+/m0/s1. The van der Waals surface area contributed by atoms with Gasteiger partial charge in [0.25, 0.3) is 0 Å². The predicted octanol–water partition coefficient (Wildman–Crippen LogP) is 3.21. The van der Waals surface area contributed by atoms with Crippen LogP contribution in [0.1, 0.15) is 32.6 Å². The molecule has 0 spiro atoms. The van der Waals surface area contributed by atoms with Gasteiger partial charge in [-0.25, -0.2) is 13.6 Å². The third-order valence-electron chi connectivity index (χ3n) is 5.74. The second kappa shape index (κ2) is 10.0. The lowest BCUT2D eigenvalue weighted by Crippen LogP contribution is -2.42. The zero-order chi connectivity index (χ0) is 19.9. The highest BCUT2D eigenvalue weighted by Crippen LogP contribution is 2.25. The molecule has 2 atom stereocenters. The van der Waals surface area contributed by atoms with Gasteiger partial charge in [0, 0.05) is 44.5 Å². The van der Waals surface area contributed by atoms with Gasteiger partial charge in [-0.05, 0) is 56.3 Å². The van der Waals surface area contributed by atoms with Crippen molar-refractivity contribution < 1.29 is 13.6 Å². The van der Waals surface area contributed by atoms with Crippen molar-refractivity contribution in [2.75, 3.05) is 50.7 Å². The Morgan fingerprint density at radius 2 is 1.93 bits per heavy atom. The number of hydrogen-bond acceptors (Lipinski definition) is 3. The van der Waals surface area contributed by atoms with E-state index in [1.807, 2.05) is 4.90 Å². The summed E-state index contributed by atoms with van der Waals surface area (Å²) in [5.74, 6) is -0.909. The first-order valence-corrected chi connectivity index (χ1v) is 10.5. The molecule has 1 aromatic rings. The first-order valence-electron chi connectivity index (χ1n) is 10.5. The second-order valence-electron chi connectivity index (χ2n) is 8.26. The third-order valence-corrected chi connectivity index (χ3v) is 5.74. The van der Waals surface area contributed by atoms with Gasteiger partial charge in [-0.1, -0.05) is 13.3 Å². The lowest BCUT2D eigenvalue weighted by Gasteiger charge is -2.29. The van der Waals surface area contributed by atoms with E-state index in [-0.39, 0.29) is 6.03 Å². The number of anilines is 1. The molecule has 2 fully saturated rings. The first kappa shape index (κ1) is 20.8. The molecular weight excluding hydrogens is 362 g/mol. The van der Waals surface area contributed by atoms with Gasteiger partial charge < -0.3 is 20.4 Å². The van der Waals surface area contributed by atoms with E-state index in [4.69, 9.17) is 0 Å². The first-order chi connectivity index (χ1) is 13.5. The Bertz CT molecular complexity index is 651. The highest BCUT2D eigenvalue weighted by molar-refractivity contribution is 5.73. The molecule has 0 aromatic heterocycles. The fourth-order valence-electron chi connectivity index (χ4n) is 4.13. The van der Waals surface area contributed by atoms with Crippen molar-refractivity contribution >= 4 is 11.7 Å². The van der Waals surface area contributed by atoms with Crippen LogP contribution in [-0.2, 0) is 0 Å². The molecule has 156 valence electrons. The van der Waals surface area contributed by atoms with Gasteiger partial charge in [0.1, 0.15) is 0 Å². The van der Waals surface area contributed by atoms with Gasteiger partial charge in [-0.3, -0.25) is 0 Å². The van der Waals surface area contributed by atoms with E-state index < -0.39 is 11.6 Å². The van der Waals surface area contributed by atoms with E-state index in [1.165, 1.54) is 38.4 Å². The van der Waals surface area contributed by atoms with Crippen LogP contribution in [0.4, 0.5) is 19.3 Å². The summed E-state index contributed by atoms with van der Waals surface area (Å²) >= 11 is 0. The molecule has 28 heavy (non-hydrogen) atoms. The Hall–Kier alpha value is -1.89. The maximum absolute atomic E-state index is 13.4. The number of carbonyl (C=O) groups excluding carboxylic acids is 1. The van der Waals surface area contributed by atoms with Gasteiger partial charge in [0.2, 0.25) is 0 Å². The van der Waals surface area contributed by atoms with Crippen LogP contribution in [0.5, 0.6) is 0 Å². The monoisotopic (exact) mass is 394 g/mol. The van der Waals surface area contributed by atoms with Crippen molar-refractivity contribution in [1.82, 2.24) is 15.5 Å². The van der Waals surface area contributed by atoms with Crippen molar-refractivity contribution in [3.63, 3.8) is 0 Å². The number of likely N-dealkylation sites (tertiary alicyclic amines) is 1. The quantitative estimate of drug-likeness (QED) is 0.747. The molecule has 0 bridgehead atoms. The normalized spacial score (nSPS) is 21.5. The molecule has 2 amide bonds. The molecule has 0 aliphatic carbocycles. The van der Waals surface area contributed by atoms with Crippen molar-refractivity contribution in [1.29, 1.82) is 0 Å². The van der Waals surface area contributed by atoms with E-state index in [9.17, 15) is 13.6 Å². The van der Waals surface area contributed by atoms with E-state index in [1.54, 1.807) is 6.07 Å². The predicted molar refractivity (Wildman–Crippen MR) is 108 cm³/mol. The minimum Gasteiger partial charge on any atom is -0.371 e. The zero-order valence-corrected chi connectivity index (χ0v) is 16.7. The van der Waals surface area contributed by atoms with Crippen molar-refractivity contribution in [3.05, 3.63) is 29.8 Å². The summed E-state index contributed by atoms with van der Waals surface area (Å²) in [6.07, 6.45) is 4.82. The van der Waals surface area contributed by atoms with E-state index in [0.717, 1.165) is 32.1 Å². The van der Waals surface area contributed by atoms with Gasteiger partial charge in [-0.15, -0.1) is 0 Å². The minimum absolute atomic E-state index is 0.128. The molecule has 0 radical (unpaired) electrons. The smallest absolute Gasteiger partial charge is 0.314 e. The van der Waals surface area contributed by atoms with Crippen LogP contribution in [0.15, 0.2) is 18.2 Å². The highest BCUT2D eigenvalue weighted by atomic mass is 19.2. The molecule has 1 aromatic carbocycles. The number of nitrogens with one attached hydrogen (secondary N) is 2. The van der Waals surface area contributed by atoms with Crippen molar-refractivity contribution in [3.8, 4) is 0 Å². The Morgan fingerprint density at radius 1 is 1.14 bits per heavy atom. The summed E-state index contributed by atoms with van der Waals surface area (Å²) < 4.78 is 26.5. The number of piperidine rings is 1. The molecule has 5 nitrogen and oxygen atoms in total. The minimum atomic E-state index is -0.827. The summed E-state index contributed by atoms with van der Waals surface area (Å²) in [7, 11) is 0. The Kier molecular flexibility index (Phi) is 7.48. The van der Waals surface area contributed by atoms with Crippen LogP contribution in [0.2, 0.25) is 0 Å². The number of carbonyl (C=O) groups is 1. The molecule has 2 saturated heterocycles. The Morgan fingerprint density at radius 3 is 2.68 bits per heavy atom. The number of benzene rings is 1. The Labute approximate surface area is 166 Å². The van der Waals surface area contributed by atoms with Gasteiger partial charge in [0.05, 0.1) is 0 Å². The van der Waals surface area contributed by atoms with Crippen LogP contribution in [-0.4, -0.2) is 56.7 Å². The lowest BCUT2D eigenvalue weighted by atomic mass is 10.1. The summed E-state index contributed by atoms with van der Waals surface area (Å²) in [6.45, 7) is 8.33. The Balaban J connectivity index is 1.33. The molecule has 3 rings (SSSR count). The number of nitrogens with zero attached hydrogens (tertiary/aromatic N) is 2. The molecule has 2 heterocycles. The largest absolute Gasteiger partial charge is 0.371 e. The van der Waals surface area contributed by atoms with Gasteiger partial charge in [0.15, 0.2) is 11.6 Å². The number of amides is 2. The van der Waals surface area contributed by atoms with Crippen LogP contribution in [0.25, 0.3) is 0 Å². The van der Waals surface area contributed by atoms with Gasteiger partial charge >= 0.3 is 6.03 Å². The van der Waals surface area contributed by atoms with E-state index in [0.29, 0.717) is 30.6 Å². The molecule has 2 aliphatic heterocycles. The highest BCUT2D eigenvalue weighted by Gasteiger charge is 2.24. The number of urea groups is 1. The maximum atomic E-state index is 13.4. The molecular formula is C21H32F2N4O. The van der Waals surface area contributed by atoms with Crippen molar-refractivity contribution in [2.24, 2.45) is 11.8 Å². The number of halogens is 2. The van der Waals surface area contributed by atoms with Crippen LogP contribution in [0, 0.1) is 23.5 Å². The molecule has 0 saturated carbocycles. The van der Waals surface area contributed by atoms with Crippen LogP contribution < -0.4 is 15.5 Å². The molecule has 2 aliphatic rings. The molecule has 7 heteroatoms. The fourth-order valence-corrected chi connectivity index (χ4v) is 4.13. The van der Waals surface area contributed by atoms with E-state index in [2.05, 4.69) is 22.5 Å². The lowest BCUT2D eigenvalue weighted by molar-refractivity contribution is 0.197. The zero-order valence-electron chi connectivity index (χ0n) is 16.7. The summed E-state index contributed by atoms with van der Waals surface area (Å²) in [5.41, 5.74) is 0.692. The second-order valence-corrected chi connectivity index (χ2v) is 8.26. The molecule has 0 unspecified atom stereocenters. The molecule has 2 N–H and O–H groups in total.